The summed E-state index contributed by atoms with van der Waals surface area (Å²) in [6, 6.07) is 14.3. The van der Waals surface area contributed by atoms with Crippen LogP contribution in [0.4, 0.5) is 0 Å². The Bertz CT molecular complexity index is 657. The number of hydrogen-bond acceptors (Lipinski definition) is 1. The van der Waals surface area contributed by atoms with Crippen LogP contribution in [0.5, 0.6) is 0 Å². The number of rotatable bonds is 3. The summed E-state index contributed by atoms with van der Waals surface area (Å²) in [6.45, 7) is 3.81. The third-order valence-electron chi connectivity index (χ3n) is 2.59. The van der Waals surface area contributed by atoms with Crippen molar-refractivity contribution in [3.8, 4) is 0 Å². The van der Waals surface area contributed by atoms with Crippen molar-refractivity contribution in [3.63, 3.8) is 0 Å². The molecule has 5 heteroatoms. The Morgan fingerprint density at radius 3 is 2.38 bits per heavy atom. The summed E-state index contributed by atoms with van der Waals surface area (Å²) < 4.78 is 0. The molecule has 0 bridgehead atoms. The van der Waals surface area contributed by atoms with Crippen molar-refractivity contribution in [1.29, 1.82) is 0 Å². The number of nitrogens with one attached hydrogen (secondary N) is 1. The Balaban J connectivity index is 0.00000220. The van der Waals surface area contributed by atoms with Crippen LogP contribution in [0.15, 0.2) is 54.2 Å². The van der Waals surface area contributed by atoms with E-state index in [1.54, 1.807) is 18.2 Å². The first-order chi connectivity index (χ1) is 9.56. The fourth-order valence-corrected chi connectivity index (χ4v) is 2.17. The van der Waals surface area contributed by atoms with Gasteiger partial charge >= 0.3 is 18.9 Å². The standard InChI is InChI=1S/C16H12Cl2NO.Li.H/c1-11(9-12-5-3-2-4-6-12)19-16(20)14-8-7-13(17)10-15(14)18;;/h2-10H,1H2,(H,19,20);;/b11-9-;;. The molecule has 0 aliphatic heterocycles. The molecule has 2 nitrogen and oxygen atoms in total. The van der Waals surface area contributed by atoms with E-state index >= 15 is 0 Å². The van der Waals surface area contributed by atoms with Crippen molar-refractivity contribution in [1.82, 2.24) is 5.32 Å². The van der Waals surface area contributed by atoms with E-state index in [0.29, 0.717) is 21.3 Å². The van der Waals surface area contributed by atoms with E-state index in [4.69, 9.17) is 23.2 Å². The van der Waals surface area contributed by atoms with Gasteiger partial charge in [-0.25, -0.2) is 0 Å². The molecule has 0 aliphatic carbocycles. The van der Waals surface area contributed by atoms with Crippen LogP contribution in [-0.4, -0.2) is 24.8 Å². The molecule has 21 heavy (non-hydrogen) atoms. The topological polar surface area (TPSA) is 29.1 Å². The van der Waals surface area contributed by atoms with Gasteiger partial charge in [-0.1, -0.05) is 53.5 Å². The zero-order chi connectivity index (χ0) is 14.5. The van der Waals surface area contributed by atoms with Crippen LogP contribution in [-0.2, 0) is 0 Å². The molecule has 0 atom stereocenters. The van der Waals surface area contributed by atoms with E-state index in [9.17, 15) is 4.79 Å². The first kappa shape index (κ1) is 17.9. The predicted octanol–water partition coefficient (Wildman–Crippen LogP) is 3.95. The molecule has 0 heterocycles. The number of halogens is 2. The summed E-state index contributed by atoms with van der Waals surface area (Å²) >= 11 is 11.8. The molecular formula is C16H13Cl2LiNO. The van der Waals surface area contributed by atoms with Crippen LogP contribution >= 0.6 is 23.2 Å². The quantitative estimate of drug-likeness (QED) is 0.854. The van der Waals surface area contributed by atoms with Gasteiger partial charge in [0, 0.05) is 10.7 Å². The van der Waals surface area contributed by atoms with Crippen LogP contribution in [0.25, 0.3) is 6.08 Å². The maximum absolute atomic E-state index is 12.1. The van der Waals surface area contributed by atoms with Gasteiger partial charge in [-0.3, -0.25) is 4.79 Å². The minimum absolute atomic E-state index is 0. The van der Waals surface area contributed by atoms with E-state index in [1.165, 1.54) is 6.07 Å². The Morgan fingerprint density at radius 2 is 1.76 bits per heavy atom. The van der Waals surface area contributed by atoms with E-state index in [1.807, 2.05) is 30.3 Å². The third kappa shape index (κ3) is 5.26. The van der Waals surface area contributed by atoms with Gasteiger partial charge < -0.3 is 5.32 Å². The number of carbonyl (C=O) groups is 1. The van der Waals surface area contributed by atoms with Crippen molar-refractivity contribution < 1.29 is 4.79 Å². The molecule has 103 valence electrons. The van der Waals surface area contributed by atoms with E-state index in [0.717, 1.165) is 5.56 Å². The second-order valence-electron chi connectivity index (χ2n) is 4.16. The molecule has 2 aromatic rings. The van der Waals surface area contributed by atoms with Gasteiger partial charge in [-0.2, -0.15) is 0 Å². The average Bonchev–Trinajstić information content (AvgIpc) is 2.39. The van der Waals surface area contributed by atoms with Crippen LogP contribution in [0.2, 0.25) is 10.0 Å². The van der Waals surface area contributed by atoms with Crippen molar-refractivity contribution in [2.24, 2.45) is 0 Å². The van der Waals surface area contributed by atoms with Crippen molar-refractivity contribution in [2.45, 2.75) is 0 Å². The van der Waals surface area contributed by atoms with Gasteiger partial charge in [0.2, 0.25) is 0 Å². The molecule has 0 fully saturated rings. The van der Waals surface area contributed by atoms with Crippen LogP contribution < -0.4 is 5.32 Å². The van der Waals surface area contributed by atoms with Crippen molar-refractivity contribution in [3.05, 3.63) is 82.3 Å². The summed E-state index contributed by atoms with van der Waals surface area (Å²) in [5.74, 6) is -0.316. The molecule has 0 saturated carbocycles. The third-order valence-corrected chi connectivity index (χ3v) is 3.14. The predicted molar refractivity (Wildman–Crippen MR) is 90.9 cm³/mol. The second-order valence-corrected chi connectivity index (χ2v) is 5.00. The summed E-state index contributed by atoms with van der Waals surface area (Å²) in [5.41, 5.74) is 1.81. The normalized spacial score (nSPS) is 10.7. The van der Waals surface area contributed by atoms with Gasteiger partial charge in [-0.15, -0.1) is 0 Å². The summed E-state index contributed by atoms with van der Waals surface area (Å²) in [7, 11) is 0. The molecule has 1 radical (unpaired) electrons. The number of amides is 1. The first-order valence-electron chi connectivity index (χ1n) is 5.91. The van der Waals surface area contributed by atoms with E-state index in [2.05, 4.69) is 12.2 Å². The fraction of sp³-hybridized carbons (Fsp3) is 0. The summed E-state index contributed by atoms with van der Waals surface area (Å²) in [6.07, 6.45) is 1.78. The fourth-order valence-electron chi connectivity index (χ4n) is 1.67. The molecular weight excluding hydrogens is 300 g/mol. The first-order valence-corrected chi connectivity index (χ1v) is 6.67. The zero-order valence-electron chi connectivity index (χ0n) is 10.6. The van der Waals surface area contributed by atoms with Gasteiger partial charge in [0.1, 0.15) is 0 Å². The summed E-state index contributed by atoms with van der Waals surface area (Å²) in [5, 5.41) is 3.48. The zero-order valence-corrected chi connectivity index (χ0v) is 12.1. The number of carbonyl (C=O) groups excluding carboxylic acids is 1. The van der Waals surface area contributed by atoms with Gasteiger partial charge in [0.25, 0.3) is 5.91 Å². The van der Waals surface area contributed by atoms with Crippen molar-refractivity contribution >= 4 is 54.0 Å². The monoisotopic (exact) mass is 312 g/mol. The van der Waals surface area contributed by atoms with Crippen LogP contribution in [0.3, 0.4) is 0 Å². The van der Waals surface area contributed by atoms with E-state index < -0.39 is 0 Å². The molecule has 0 aromatic heterocycles. The summed E-state index contributed by atoms with van der Waals surface area (Å²) in [4.78, 5) is 12.1. The maximum atomic E-state index is 12.1. The van der Waals surface area contributed by atoms with Crippen LogP contribution in [0, 0.1) is 6.92 Å². The average molecular weight is 313 g/mol. The Labute approximate surface area is 146 Å². The molecule has 1 amide bonds. The number of benzene rings is 2. The Morgan fingerprint density at radius 1 is 1.10 bits per heavy atom. The number of allylic oxidation sites excluding steroid dienone is 1. The molecule has 2 aromatic carbocycles. The van der Waals surface area contributed by atoms with Gasteiger partial charge in [0.15, 0.2) is 0 Å². The van der Waals surface area contributed by atoms with E-state index in [-0.39, 0.29) is 24.8 Å². The molecule has 2 rings (SSSR count). The molecule has 0 saturated heterocycles. The second kappa shape index (κ2) is 8.31. The Kier molecular flexibility index (Phi) is 7.08. The molecule has 0 spiro atoms. The van der Waals surface area contributed by atoms with Gasteiger partial charge in [0.05, 0.1) is 10.6 Å². The Hall–Kier alpha value is -1.17. The minimum atomic E-state index is -0.316. The number of hydrogen-bond donors (Lipinski definition) is 1. The van der Waals surface area contributed by atoms with Crippen molar-refractivity contribution in [2.75, 3.05) is 0 Å². The van der Waals surface area contributed by atoms with Crippen LogP contribution in [0.1, 0.15) is 15.9 Å². The molecule has 0 unspecified atom stereocenters. The molecule has 1 N–H and O–H groups in total. The SMILES string of the molecule is [CH2]/C(=C/c1ccccc1)NC(=O)c1ccc(Cl)cc1Cl.[LiH]. The van der Waals surface area contributed by atoms with Gasteiger partial charge in [-0.05, 0) is 36.8 Å². The molecule has 0 aliphatic rings.